The first kappa shape index (κ1) is 14.2. The fourth-order valence-corrected chi connectivity index (χ4v) is 1.90. The fraction of sp³-hybridized carbons (Fsp3) is 0.357. The van der Waals surface area contributed by atoms with E-state index in [1.165, 1.54) is 10.9 Å². The Labute approximate surface area is 116 Å². The van der Waals surface area contributed by atoms with Crippen molar-refractivity contribution in [3.05, 3.63) is 40.9 Å². The van der Waals surface area contributed by atoms with Gasteiger partial charge in [0, 0.05) is 26.1 Å². The Morgan fingerprint density at radius 3 is 2.90 bits per heavy atom. The van der Waals surface area contributed by atoms with Crippen LogP contribution < -0.4 is 16.2 Å². The lowest BCUT2D eigenvalue weighted by atomic mass is 10.2. The van der Waals surface area contributed by atoms with Gasteiger partial charge in [-0.15, -0.1) is 0 Å². The van der Waals surface area contributed by atoms with Crippen LogP contribution >= 0.6 is 0 Å². The van der Waals surface area contributed by atoms with Crippen molar-refractivity contribution in [3.8, 4) is 0 Å². The summed E-state index contributed by atoms with van der Waals surface area (Å²) in [6, 6.07) is 7.19. The molecule has 2 aromatic rings. The molecule has 0 aliphatic rings. The van der Waals surface area contributed by atoms with E-state index in [4.69, 9.17) is 0 Å². The summed E-state index contributed by atoms with van der Waals surface area (Å²) in [6.45, 7) is 1.64. The Balaban J connectivity index is 2.02. The Kier molecular flexibility index (Phi) is 4.84. The molecule has 1 aromatic carbocycles. The number of amides is 1. The second kappa shape index (κ2) is 6.81. The zero-order valence-corrected chi connectivity index (χ0v) is 11.4. The number of aromatic nitrogens is 2. The minimum atomic E-state index is -0.112. The number of carbonyl (C=O) groups is 1. The largest absolute Gasteiger partial charge is 0.355 e. The molecule has 0 aliphatic carbocycles. The van der Waals surface area contributed by atoms with Crippen LogP contribution in [0.3, 0.4) is 0 Å². The van der Waals surface area contributed by atoms with Crippen LogP contribution in [-0.4, -0.2) is 35.6 Å². The molecule has 0 fully saturated rings. The number of likely N-dealkylation sites (N-methyl/N-ethyl adjacent to an activating group) is 1. The summed E-state index contributed by atoms with van der Waals surface area (Å²) in [5.41, 5.74) is 0.561. The highest BCUT2D eigenvalue weighted by atomic mass is 16.1. The smallest absolute Gasteiger partial charge is 0.261 e. The minimum Gasteiger partial charge on any atom is -0.355 e. The average Bonchev–Trinajstić information content (AvgIpc) is 2.47. The van der Waals surface area contributed by atoms with E-state index in [0.717, 1.165) is 6.54 Å². The molecule has 1 amide bonds. The second-order valence-electron chi connectivity index (χ2n) is 4.46. The first-order valence-electron chi connectivity index (χ1n) is 6.58. The van der Waals surface area contributed by atoms with Crippen LogP contribution in [-0.2, 0) is 11.3 Å². The molecule has 0 radical (unpaired) electrons. The molecule has 2 rings (SSSR count). The number of benzene rings is 1. The molecule has 6 nitrogen and oxygen atoms in total. The molecular formula is C14H18N4O2. The molecule has 106 valence electrons. The van der Waals surface area contributed by atoms with E-state index in [0.29, 0.717) is 24.0 Å². The van der Waals surface area contributed by atoms with Crippen LogP contribution in [0.2, 0.25) is 0 Å². The third-order valence-corrected chi connectivity index (χ3v) is 3.01. The second-order valence-corrected chi connectivity index (χ2v) is 4.46. The van der Waals surface area contributed by atoms with Crippen LogP contribution in [0, 0.1) is 0 Å². The summed E-state index contributed by atoms with van der Waals surface area (Å²) in [4.78, 5) is 28.0. The highest BCUT2D eigenvalue weighted by Gasteiger charge is 2.05. The molecule has 0 saturated heterocycles. The quantitative estimate of drug-likeness (QED) is 0.734. The van der Waals surface area contributed by atoms with Crippen molar-refractivity contribution >= 4 is 16.8 Å². The summed E-state index contributed by atoms with van der Waals surface area (Å²) in [5, 5.41) is 6.29. The van der Waals surface area contributed by atoms with Crippen molar-refractivity contribution in [1.82, 2.24) is 20.2 Å². The van der Waals surface area contributed by atoms with Crippen molar-refractivity contribution in [3.63, 3.8) is 0 Å². The van der Waals surface area contributed by atoms with Gasteiger partial charge in [0.2, 0.25) is 5.91 Å². The zero-order chi connectivity index (χ0) is 14.4. The normalized spacial score (nSPS) is 10.7. The molecule has 0 bridgehead atoms. The third kappa shape index (κ3) is 3.42. The van der Waals surface area contributed by atoms with E-state index in [-0.39, 0.29) is 17.9 Å². The van der Waals surface area contributed by atoms with Gasteiger partial charge in [0.1, 0.15) is 0 Å². The Morgan fingerprint density at radius 1 is 1.30 bits per heavy atom. The minimum absolute atomic E-state index is 0.0692. The van der Waals surface area contributed by atoms with Gasteiger partial charge in [0.05, 0.1) is 17.2 Å². The lowest BCUT2D eigenvalue weighted by Crippen LogP contribution is -2.32. The standard InChI is InChI=1S/C14H18N4O2/c1-15-7-8-16-13(19)6-9-18-10-17-12-5-3-2-4-11(12)14(18)20/h2-5,10,15H,6-9H2,1H3,(H,16,19). The molecular weight excluding hydrogens is 256 g/mol. The van der Waals surface area contributed by atoms with Gasteiger partial charge >= 0.3 is 0 Å². The topological polar surface area (TPSA) is 76.0 Å². The molecule has 20 heavy (non-hydrogen) atoms. The van der Waals surface area contributed by atoms with E-state index < -0.39 is 0 Å². The molecule has 0 saturated carbocycles. The molecule has 0 unspecified atom stereocenters. The number of para-hydroxylation sites is 1. The molecule has 1 aromatic heterocycles. The van der Waals surface area contributed by atoms with E-state index in [2.05, 4.69) is 15.6 Å². The number of fused-ring (bicyclic) bond motifs is 1. The SMILES string of the molecule is CNCCNC(=O)CCn1cnc2ccccc2c1=O. The van der Waals surface area contributed by atoms with Crippen LogP contribution in [0.25, 0.3) is 10.9 Å². The van der Waals surface area contributed by atoms with Crippen molar-refractivity contribution in [1.29, 1.82) is 0 Å². The number of hydrogen-bond donors (Lipinski definition) is 2. The number of hydrogen-bond acceptors (Lipinski definition) is 4. The lowest BCUT2D eigenvalue weighted by molar-refractivity contribution is -0.121. The van der Waals surface area contributed by atoms with Crippen molar-refractivity contribution < 1.29 is 4.79 Å². The summed E-state index contributed by atoms with van der Waals surface area (Å²) in [6.07, 6.45) is 1.76. The molecule has 0 atom stereocenters. The van der Waals surface area contributed by atoms with Gasteiger partial charge in [-0.2, -0.15) is 0 Å². The van der Waals surface area contributed by atoms with Gasteiger partial charge < -0.3 is 10.6 Å². The van der Waals surface area contributed by atoms with Gasteiger partial charge in [-0.25, -0.2) is 4.98 Å². The highest BCUT2D eigenvalue weighted by molar-refractivity contribution is 5.77. The summed E-state index contributed by atoms with van der Waals surface area (Å²) >= 11 is 0. The maximum Gasteiger partial charge on any atom is 0.261 e. The summed E-state index contributed by atoms with van der Waals surface area (Å²) in [7, 11) is 1.83. The first-order chi connectivity index (χ1) is 9.72. The maximum absolute atomic E-state index is 12.2. The van der Waals surface area contributed by atoms with Crippen LogP contribution in [0.5, 0.6) is 0 Å². The molecule has 2 N–H and O–H groups in total. The Hall–Kier alpha value is -2.21. The van der Waals surface area contributed by atoms with E-state index >= 15 is 0 Å². The third-order valence-electron chi connectivity index (χ3n) is 3.01. The van der Waals surface area contributed by atoms with Gasteiger partial charge in [-0.05, 0) is 19.2 Å². The van der Waals surface area contributed by atoms with Gasteiger partial charge in [0.25, 0.3) is 5.56 Å². The van der Waals surface area contributed by atoms with Crippen LogP contribution in [0.15, 0.2) is 35.4 Å². The van der Waals surface area contributed by atoms with E-state index in [1.54, 1.807) is 18.2 Å². The number of rotatable bonds is 6. The summed E-state index contributed by atoms with van der Waals surface area (Å²) in [5.74, 6) is -0.0692. The van der Waals surface area contributed by atoms with Gasteiger partial charge in [0.15, 0.2) is 0 Å². The number of nitrogens with one attached hydrogen (secondary N) is 2. The number of carbonyl (C=O) groups excluding carboxylic acids is 1. The van der Waals surface area contributed by atoms with E-state index in [9.17, 15) is 9.59 Å². The first-order valence-corrected chi connectivity index (χ1v) is 6.58. The van der Waals surface area contributed by atoms with Crippen molar-refractivity contribution in [2.75, 3.05) is 20.1 Å². The predicted octanol–water partition coefficient (Wildman–Crippen LogP) is 0.122. The van der Waals surface area contributed by atoms with Gasteiger partial charge in [-0.1, -0.05) is 12.1 Å². The predicted molar refractivity (Wildman–Crippen MR) is 77.6 cm³/mol. The number of nitrogens with zero attached hydrogens (tertiary/aromatic N) is 2. The Morgan fingerprint density at radius 2 is 2.10 bits per heavy atom. The Bertz CT molecular complexity index is 651. The fourth-order valence-electron chi connectivity index (χ4n) is 1.90. The molecule has 1 heterocycles. The van der Waals surface area contributed by atoms with E-state index in [1.807, 2.05) is 13.1 Å². The average molecular weight is 274 g/mol. The van der Waals surface area contributed by atoms with Gasteiger partial charge in [-0.3, -0.25) is 14.2 Å². The zero-order valence-electron chi connectivity index (χ0n) is 11.4. The molecule has 0 aliphatic heterocycles. The number of aryl methyl sites for hydroxylation is 1. The van der Waals surface area contributed by atoms with Crippen LogP contribution in [0.1, 0.15) is 6.42 Å². The van der Waals surface area contributed by atoms with Crippen molar-refractivity contribution in [2.45, 2.75) is 13.0 Å². The molecule has 6 heteroatoms. The highest BCUT2D eigenvalue weighted by Crippen LogP contribution is 2.04. The molecule has 0 spiro atoms. The van der Waals surface area contributed by atoms with Crippen molar-refractivity contribution in [2.24, 2.45) is 0 Å². The lowest BCUT2D eigenvalue weighted by Gasteiger charge is -2.07. The maximum atomic E-state index is 12.2. The summed E-state index contributed by atoms with van der Waals surface area (Å²) < 4.78 is 1.47. The van der Waals surface area contributed by atoms with Crippen LogP contribution in [0.4, 0.5) is 0 Å². The monoisotopic (exact) mass is 274 g/mol.